The van der Waals surface area contributed by atoms with Crippen molar-refractivity contribution in [2.24, 2.45) is 7.05 Å². The summed E-state index contributed by atoms with van der Waals surface area (Å²) in [5.41, 5.74) is 0. The van der Waals surface area contributed by atoms with E-state index in [1.807, 2.05) is 14.0 Å². The Kier molecular flexibility index (Phi) is 3.58. The van der Waals surface area contributed by atoms with Gasteiger partial charge in [0.25, 0.3) is 0 Å². The Hall–Kier alpha value is -1.63. The van der Waals surface area contributed by atoms with Crippen molar-refractivity contribution in [3.8, 4) is 0 Å². The first kappa shape index (κ1) is 11.8. The summed E-state index contributed by atoms with van der Waals surface area (Å²) in [4.78, 5) is 13.7. The van der Waals surface area contributed by atoms with Crippen LogP contribution in [0.2, 0.25) is 0 Å². The van der Waals surface area contributed by atoms with Crippen LogP contribution in [0.1, 0.15) is 18.8 Å². The molecule has 2 heterocycles. The lowest BCUT2D eigenvalue weighted by atomic mass is 10.3. The van der Waals surface area contributed by atoms with Gasteiger partial charge in [0, 0.05) is 20.1 Å². The van der Waals surface area contributed by atoms with Gasteiger partial charge in [0.2, 0.25) is 0 Å². The molecule has 0 saturated carbocycles. The predicted molar refractivity (Wildman–Crippen MR) is 60.3 cm³/mol. The number of ether oxygens (including phenoxy) is 1. The maximum absolute atomic E-state index is 11.9. The lowest BCUT2D eigenvalue weighted by Gasteiger charge is -2.28. The fourth-order valence-electron chi connectivity index (χ4n) is 1.79. The van der Waals surface area contributed by atoms with Crippen molar-refractivity contribution in [2.75, 3.05) is 26.3 Å². The summed E-state index contributed by atoms with van der Waals surface area (Å²) in [6.07, 6.45) is 1.62. The number of aryl methyl sites for hydroxylation is 1. The molecule has 1 fully saturated rings. The Labute approximate surface area is 99.8 Å². The van der Waals surface area contributed by atoms with Crippen molar-refractivity contribution in [3.63, 3.8) is 0 Å². The Balaban J connectivity index is 1.92. The Bertz CT molecular complexity index is 386. The Morgan fingerprint density at radius 1 is 1.53 bits per heavy atom. The zero-order valence-corrected chi connectivity index (χ0v) is 10.1. The molecule has 1 aromatic rings. The van der Waals surface area contributed by atoms with E-state index in [2.05, 4.69) is 15.5 Å². The fourth-order valence-corrected chi connectivity index (χ4v) is 1.79. The predicted octanol–water partition coefficient (Wildman–Crippen LogP) is -0.0821. The second-order valence-corrected chi connectivity index (χ2v) is 4.07. The van der Waals surface area contributed by atoms with Crippen LogP contribution in [0.3, 0.4) is 0 Å². The first-order valence-electron chi connectivity index (χ1n) is 5.65. The third-order valence-corrected chi connectivity index (χ3v) is 2.77. The molecule has 1 saturated heterocycles. The maximum atomic E-state index is 11.9. The van der Waals surface area contributed by atoms with Crippen LogP contribution in [0.25, 0.3) is 0 Å². The van der Waals surface area contributed by atoms with E-state index in [0.29, 0.717) is 26.3 Å². The van der Waals surface area contributed by atoms with Crippen LogP contribution in [0.15, 0.2) is 6.33 Å². The molecule has 2 amide bonds. The number of aromatic nitrogens is 3. The molecule has 7 heteroatoms. The highest BCUT2D eigenvalue weighted by Crippen LogP contribution is 2.08. The normalized spacial score (nSPS) is 17.9. The summed E-state index contributed by atoms with van der Waals surface area (Å²) in [6, 6.07) is -0.235. The second-order valence-electron chi connectivity index (χ2n) is 4.07. The molecule has 1 aliphatic heterocycles. The number of carbonyl (C=O) groups excluding carboxylic acids is 1. The first-order chi connectivity index (χ1) is 8.18. The largest absolute Gasteiger partial charge is 0.378 e. The number of carbonyl (C=O) groups is 1. The topological polar surface area (TPSA) is 72.3 Å². The second kappa shape index (κ2) is 5.13. The number of hydrogen-bond donors (Lipinski definition) is 1. The van der Waals surface area contributed by atoms with Gasteiger partial charge in [-0.25, -0.2) is 4.79 Å². The molecule has 2 rings (SSSR count). The summed E-state index contributed by atoms with van der Waals surface area (Å²) < 4.78 is 6.99. The van der Waals surface area contributed by atoms with Crippen molar-refractivity contribution in [1.82, 2.24) is 25.0 Å². The van der Waals surface area contributed by atoms with E-state index in [1.165, 1.54) is 0 Å². The monoisotopic (exact) mass is 239 g/mol. The van der Waals surface area contributed by atoms with Crippen LogP contribution in [-0.4, -0.2) is 52.0 Å². The minimum atomic E-state index is -0.155. The van der Waals surface area contributed by atoms with Crippen LogP contribution in [0, 0.1) is 0 Å². The number of nitrogens with one attached hydrogen (secondary N) is 1. The molecule has 1 atom stereocenters. The number of rotatable bonds is 2. The van der Waals surface area contributed by atoms with Gasteiger partial charge in [0.1, 0.15) is 6.33 Å². The minimum absolute atomic E-state index is 0.0798. The van der Waals surface area contributed by atoms with Gasteiger partial charge in [-0.1, -0.05) is 0 Å². The molecular weight excluding hydrogens is 222 g/mol. The van der Waals surface area contributed by atoms with Crippen molar-refractivity contribution >= 4 is 6.03 Å². The summed E-state index contributed by atoms with van der Waals surface area (Å²) in [5.74, 6) is 0.742. The van der Waals surface area contributed by atoms with Gasteiger partial charge in [-0.15, -0.1) is 10.2 Å². The molecule has 94 valence electrons. The van der Waals surface area contributed by atoms with E-state index < -0.39 is 0 Å². The molecule has 1 aromatic heterocycles. The van der Waals surface area contributed by atoms with Crippen molar-refractivity contribution in [2.45, 2.75) is 13.0 Å². The molecule has 0 bridgehead atoms. The Morgan fingerprint density at radius 3 is 2.82 bits per heavy atom. The molecular formula is C10H17N5O2. The van der Waals surface area contributed by atoms with Crippen LogP contribution < -0.4 is 5.32 Å². The minimum Gasteiger partial charge on any atom is -0.378 e. The zero-order chi connectivity index (χ0) is 12.3. The molecule has 0 spiro atoms. The lowest BCUT2D eigenvalue weighted by Crippen LogP contribution is -2.47. The van der Waals surface area contributed by atoms with Crippen LogP contribution in [0.4, 0.5) is 4.79 Å². The average molecular weight is 239 g/mol. The van der Waals surface area contributed by atoms with E-state index >= 15 is 0 Å². The van der Waals surface area contributed by atoms with Gasteiger partial charge < -0.3 is 19.5 Å². The van der Waals surface area contributed by atoms with E-state index in [9.17, 15) is 4.79 Å². The molecule has 0 aliphatic carbocycles. The van der Waals surface area contributed by atoms with Gasteiger partial charge in [0.05, 0.1) is 19.3 Å². The molecule has 7 nitrogen and oxygen atoms in total. The van der Waals surface area contributed by atoms with Crippen LogP contribution in [0.5, 0.6) is 0 Å². The average Bonchev–Trinajstić information content (AvgIpc) is 2.76. The van der Waals surface area contributed by atoms with E-state index in [1.54, 1.807) is 15.8 Å². The quantitative estimate of drug-likeness (QED) is 0.783. The Morgan fingerprint density at radius 2 is 2.24 bits per heavy atom. The molecule has 1 aliphatic rings. The van der Waals surface area contributed by atoms with E-state index in [0.717, 1.165) is 5.82 Å². The van der Waals surface area contributed by atoms with E-state index in [-0.39, 0.29) is 12.1 Å². The number of nitrogens with zero attached hydrogens (tertiary/aromatic N) is 4. The number of urea groups is 1. The molecule has 0 radical (unpaired) electrons. The number of hydrogen-bond acceptors (Lipinski definition) is 4. The number of morpholine rings is 1. The zero-order valence-electron chi connectivity index (χ0n) is 10.1. The van der Waals surface area contributed by atoms with Gasteiger partial charge in [0.15, 0.2) is 5.82 Å². The SMILES string of the molecule is C[C@@H](NC(=O)N1CCOCC1)c1nncn1C. The van der Waals surface area contributed by atoms with Gasteiger partial charge in [-0.2, -0.15) is 0 Å². The molecule has 0 unspecified atom stereocenters. The van der Waals surface area contributed by atoms with Gasteiger partial charge in [-0.05, 0) is 6.92 Å². The van der Waals surface area contributed by atoms with Crippen LogP contribution >= 0.6 is 0 Å². The molecule has 17 heavy (non-hydrogen) atoms. The van der Waals surface area contributed by atoms with Crippen molar-refractivity contribution in [1.29, 1.82) is 0 Å². The van der Waals surface area contributed by atoms with Gasteiger partial charge >= 0.3 is 6.03 Å². The summed E-state index contributed by atoms with van der Waals surface area (Å²) in [5, 5.41) is 10.7. The molecule has 0 aromatic carbocycles. The lowest BCUT2D eigenvalue weighted by molar-refractivity contribution is 0.0525. The summed E-state index contributed by atoms with van der Waals surface area (Å²) >= 11 is 0. The summed E-state index contributed by atoms with van der Waals surface area (Å²) in [7, 11) is 1.85. The smallest absolute Gasteiger partial charge is 0.318 e. The highest BCUT2D eigenvalue weighted by molar-refractivity contribution is 5.74. The number of amides is 2. The highest BCUT2D eigenvalue weighted by Gasteiger charge is 2.20. The van der Waals surface area contributed by atoms with Crippen molar-refractivity contribution in [3.05, 3.63) is 12.2 Å². The third kappa shape index (κ3) is 2.73. The maximum Gasteiger partial charge on any atom is 0.318 e. The van der Waals surface area contributed by atoms with E-state index in [4.69, 9.17) is 4.74 Å². The standard InChI is InChI=1S/C10H17N5O2/c1-8(9-13-11-7-14(9)2)12-10(16)15-3-5-17-6-4-15/h7-8H,3-6H2,1-2H3,(H,12,16)/t8-/m1/s1. The molecule has 1 N–H and O–H groups in total. The van der Waals surface area contributed by atoms with Crippen LogP contribution in [-0.2, 0) is 11.8 Å². The van der Waals surface area contributed by atoms with Crippen molar-refractivity contribution < 1.29 is 9.53 Å². The fraction of sp³-hybridized carbons (Fsp3) is 0.700. The first-order valence-corrected chi connectivity index (χ1v) is 5.65. The summed E-state index contributed by atoms with van der Waals surface area (Å²) in [6.45, 7) is 4.37. The highest BCUT2D eigenvalue weighted by atomic mass is 16.5. The third-order valence-electron chi connectivity index (χ3n) is 2.77. The van der Waals surface area contributed by atoms with Gasteiger partial charge in [-0.3, -0.25) is 0 Å².